The molecule has 3 rings (SSSR count). The summed E-state index contributed by atoms with van der Waals surface area (Å²) in [4.78, 5) is 15.9. The SMILES string of the molecule is CC(=O)NCc1nc2ccccc2n1CCCCOc1cc(C)ccc1C. The highest BCUT2D eigenvalue weighted by Gasteiger charge is 2.10. The van der Waals surface area contributed by atoms with Crippen molar-refractivity contribution in [3.63, 3.8) is 0 Å². The number of ether oxygens (including phenoxy) is 1. The maximum Gasteiger partial charge on any atom is 0.217 e. The fourth-order valence-electron chi connectivity index (χ4n) is 3.13. The number of nitrogens with zero attached hydrogens (tertiary/aromatic N) is 2. The molecule has 1 heterocycles. The zero-order chi connectivity index (χ0) is 19.2. The lowest BCUT2D eigenvalue weighted by atomic mass is 10.1. The predicted molar refractivity (Wildman–Crippen MR) is 108 cm³/mol. The second kappa shape index (κ2) is 8.71. The molecule has 0 radical (unpaired) electrons. The monoisotopic (exact) mass is 365 g/mol. The van der Waals surface area contributed by atoms with Crippen molar-refractivity contribution in [3.05, 3.63) is 59.4 Å². The summed E-state index contributed by atoms with van der Waals surface area (Å²) in [5.74, 6) is 1.81. The van der Waals surface area contributed by atoms with Crippen molar-refractivity contribution in [2.24, 2.45) is 0 Å². The van der Waals surface area contributed by atoms with Gasteiger partial charge in [-0.3, -0.25) is 4.79 Å². The Labute approximate surface area is 160 Å². The molecule has 2 aromatic carbocycles. The van der Waals surface area contributed by atoms with Crippen LogP contribution in [0.2, 0.25) is 0 Å². The number of imidazole rings is 1. The van der Waals surface area contributed by atoms with Crippen LogP contribution in [0.15, 0.2) is 42.5 Å². The zero-order valence-electron chi connectivity index (χ0n) is 16.3. The summed E-state index contributed by atoms with van der Waals surface area (Å²) in [6.45, 7) is 7.66. The molecule has 5 heteroatoms. The van der Waals surface area contributed by atoms with Crippen molar-refractivity contribution < 1.29 is 9.53 Å². The number of amides is 1. The van der Waals surface area contributed by atoms with Gasteiger partial charge < -0.3 is 14.6 Å². The van der Waals surface area contributed by atoms with Crippen molar-refractivity contribution in [1.29, 1.82) is 0 Å². The van der Waals surface area contributed by atoms with Crippen LogP contribution in [0, 0.1) is 13.8 Å². The minimum atomic E-state index is -0.0458. The first-order valence-electron chi connectivity index (χ1n) is 9.43. The van der Waals surface area contributed by atoms with Crippen LogP contribution < -0.4 is 10.1 Å². The molecule has 142 valence electrons. The number of benzene rings is 2. The summed E-state index contributed by atoms with van der Waals surface area (Å²) in [5.41, 5.74) is 4.44. The van der Waals surface area contributed by atoms with Gasteiger partial charge in [-0.15, -0.1) is 0 Å². The van der Waals surface area contributed by atoms with E-state index in [-0.39, 0.29) is 5.91 Å². The fourth-order valence-corrected chi connectivity index (χ4v) is 3.13. The number of rotatable bonds is 8. The summed E-state index contributed by atoms with van der Waals surface area (Å²) >= 11 is 0. The summed E-state index contributed by atoms with van der Waals surface area (Å²) in [6.07, 6.45) is 1.94. The summed E-state index contributed by atoms with van der Waals surface area (Å²) in [7, 11) is 0. The van der Waals surface area contributed by atoms with Gasteiger partial charge in [-0.1, -0.05) is 24.3 Å². The van der Waals surface area contributed by atoms with E-state index in [9.17, 15) is 4.79 Å². The van der Waals surface area contributed by atoms with Gasteiger partial charge in [0.1, 0.15) is 11.6 Å². The van der Waals surface area contributed by atoms with Crippen LogP contribution in [0.25, 0.3) is 11.0 Å². The lowest BCUT2D eigenvalue weighted by Crippen LogP contribution is -2.21. The predicted octanol–water partition coefficient (Wildman–Crippen LogP) is 4.15. The van der Waals surface area contributed by atoms with Crippen LogP contribution in [-0.4, -0.2) is 22.1 Å². The number of carbonyl (C=O) groups excluding carboxylic acids is 1. The van der Waals surface area contributed by atoms with Crippen molar-refractivity contribution >= 4 is 16.9 Å². The first kappa shape index (κ1) is 19.0. The molecule has 0 aliphatic rings. The Morgan fingerprint density at radius 1 is 1.15 bits per heavy atom. The van der Waals surface area contributed by atoms with Crippen LogP contribution in [0.3, 0.4) is 0 Å². The van der Waals surface area contributed by atoms with Gasteiger partial charge in [0, 0.05) is 13.5 Å². The molecule has 0 bridgehead atoms. The quantitative estimate of drug-likeness (QED) is 0.610. The van der Waals surface area contributed by atoms with Crippen molar-refractivity contribution in [2.75, 3.05) is 6.61 Å². The molecule has 0 fully saturated rings. The molecule has 3 aromatic rings. The smallest absolute Gasteiger partial charge is 0.217 e. The highest BCUT2D eigenvalue weighted by Crippen LogP contribution is 2.20. The van der Waals surface area contributed by atoms with Gasteiger partial charge in [-0.25, -0.2) is 4.98 Å². The average molecular weight is 365 g/mol. The van der Waals surface area contributed by atoms with E-state index in [1.165, 1.54) is 18.1 Å². The van der Waals surface area contributed by atoms with Crippen LogP contribution in [-0.2, 0) is 17.9 Å². The molecular formula is C22H27N3O2. The Balaban J connectivity index is 1.60. The number of hydrogen-bond acceptors (Lipinski definition) is 3. The third-order valence-electron chi connectivity index (χ3n) is 4.61. The van der Waals surface area contributed by atoms with E-state index >= 15 is 0 Å². The molecule has 27 heavy (non-hydrogen) atoms. The number of carbonyl (C=O) groups is 1. The molecule has 0 atom stereocenters. The average Bonchev–Trinajstić information content (AvgIpc) is 3.00. The summed E-state index contributed by atoms with van der Waals surface area (Å²) in [6, 6.07) is 14.4. The minimum Gasteiger partial charge on any atom is -0.493 e. The molecular weight excluding hydrogens is 338 g/mol. The van der Waals surface area contributed by atoms with E-state index in [2.05, 4.69) is 53.0 Å². The fraction of sp³-hybridized carbons (Fsp3) is 0.364. The first-order valence-corrected chi connectivity index (χ1v) is 9.43. The van der Waals surface area contributed by atoms with E-state index in [4.69, 9.17) is 4.74 Å². The van der Waals surface area contributed by atoms with E-state index in [0.717, 1.165) is 42.0 Å². The standard InChI is InChI=1S/C22H27N3O2/c1-16-10-11-17(2)21(14-16)27-13-7-6-12-25-20-9-5-4-8-19(20)24-22(25)15-23-18(3)26/h4-5,8-11,14H,6-7,12-13,15H2,1-3H3,(H,23,26). The molecule has 0 aliphatic carbocycles. The Kier molecular flexibility index (Phi) is 6.12. The number of aromatic nitrogens is 2. The topological polar surface area (TPSA) is 56.2 Å². The van der Waals surface area contributed by atoms with E-state index in [0.29, 0.717) is 13.2 Å². The van der Waals surface area contributed by atoms with Gasteiger partial charge in [0.2, 0.25) is 5.91 Å². The van der Waals surface area contributed by atoms with Crippen molar-refractivity contribution in [1.82, 2.24) is 14.9 Å². The zero-order valence-corrected chi connectivity index (χ0v) is 16.3. The largest absolute Gasteiger partial charge is 0.493 e. The molecule has 0 saturated carbocycles. The maximum absolute atomic E-state index is 11.3. The number of fused-ring (bicyclic) bond motifs is 1. The number of hydrogen-bond donors (Lipinski definition) is 1. The minimum absolute atomic E-state index is 0.0458. The third kappa shape index (κ3) is 4.88. The molecule has 0 spiro atoms. The number of aryl methyl sites for hydroxylation is 3. The molecule has 0 aliphatic heterocycles. The van der Waals surface area contributed by atoms with Gasteiger partial charge in [-0.05, 0) is 56.0 Å². The lowest BCUT2D eigenvalue weighted by molar-refractivity contribution is -0.119. The highest BCUT2D eigenvalue weighted by atomic mass is 16.5. The molecule has 0 saturated heterocycles. The Bertz CT molecular complexity index is 930. The van der Waals surface area contributed by atoms with Crippen LogP contribution in [0.4, 0.5) is 0 Å². The van der Waals surface area contributed by atoms with E-state index in [1.54, 1.807) is 0 Å². The van der Waals surface area contributed by atoms with Gasteiger partial charge in [-0.2, -0.15) is 0 Å². The van der Waals surface area contributed by atoms with Crippen LogP contribution >= 0.6 is 0 Å². The Morgan fingerprint density at radius 2 is 1.96 bits per heavy atom. The first-order chi connectivity index (χ1) is 13.0. The second-order valence-electron chi connectivity index (χ2n) is 6.90. The number of para-hydroxylation sites is 2. The molecule has 5 nitrogen and oxygen atoms in total. The van der Waals surface area contributed by atoms with Crippen LogP contribution in [0.5, 0.6) is 5.75 Å². The normalized spacial score (nSPS) is 10.9. The molecule has 0 unspecified atom stereocenters. The Morgan fingerprint density at radius 3 is 2.78 bits per heavy atom. The second-order valence-corrected chi connectivity index (χ2v) is 6.90. The molecule has 1 N–H and O–H groups in total. The lowest BCUT2D eigenvalue weighted by Gasteiger charge is -2.12. The highest BCUT2D eigenvalue weighted by molar-refractivity contribution is 5.76. The molecule has 1 amide bonds. The van der Waals surface area contributed by atoms with E-state index in [1.807, 2.05) is 18.2 Å². The van der Waals surface area contributed by atoms with E-state index < -0.39 is 0 Å². The van der Waals surface area contributed by atoms with Crippen LogP contribution in [0.1, 0.15) is 36.7 Å². The third-order valence-corrected chi connectivity index (χ3v) is 4.61. The van der Waals surface area contributed by atoms with Crippen molar-refractivity contribution in [3.8, 4) is 5.75 Å². The Hall–Kier alpha value is -2.82. The van der Waals surface area contributed by atoms with Crippen molar-refractivity contribution in [2.45, 2.75) is 46.7 Å². The molecule has 1 aromatic heterocycles. The maximum atomic E-state index is 11.3. The van der Waals surface area contributed by atoms with Gasteiger partial charge in [0.15, 0.2) is 0 Å². The summed E-state index contributed by atoms with van der Waals surface area (Å²) < 4.78 is 8.15. The summed E-state index contributed by atoms with van der Waals surface area (Å²) in [5, 5.41) is 2.85. The number of nitrogens with one attached hydrogen (secondary N) is 1. The van der Waals surface area contributed by atoms with Gasteiger partial charge in [0.05, 0.1) is 24.2 Å². The number of unbranched alkanes of at least 4 members (excludes halogenated alkanes) is 1. The van der Waals surface area contributed by atoms with Gasteiger partial charge >= 0.3 is 0 Å². The van der Waals surface area contributed by atoms with Gasteiger partial charge in [0.25, 0.3) is 0 Å².